The molecule has 5 heteroatoms. The molecule has 0 saturated heterocycles. The Bertz CT molecular complexity index is 670. The first-order valence-electron chi connectivity index (χ1n) is 7.46. The van der Waals surface area contributed by atoms with E-state index in [0.717, 1.165) is 0 Å². The molecule has 0 aromatic heterocycles. The van der Waals surface area contributed by atoms with Crippen LogP contribution in [0.3, 0.4) is 0 Å². The topological polar surface area (TPSA) is 83.8 Å². The Morgan fingerprint density at radius 3 is 2.52 bits per heavy atom. The SMILES string of the molecule is COc1ccc(C(=O)O)cc1C[C@H]1C(C)(C)C(=O)C=C[C@@]1(C)O. The van der Waals surface area contributed by atoms with Gasteiger partial charge in [-0.1, -0.05) is 13.8 Å². The lowest BCUT2D eigenvalue weighted by molar-refractivity contribution is -0.132. The lowest BCUT2D eigenvalue weighted by atomic mass is 9.62. The molecule has 1 aromatic rings. The second-order valence-corrected chi connectivity index (χ2v) is 6.73. The number of methoxy groups -OCH3 is 1. The lowest BCUT2D eigenvalue weighted by Crippen LogP contribution is -2.49. The molecule has 0 heterocycles. The molecule has 0 fully saturated rings. The van der Waals surface area contributed by atoms with Gasteiger partial charge in [0, 0.05) is 11.3 Å². The third-order valence-corrected chi connectivity index (χ3v) is 4.74. The molecule has 2 atom stereocenters. The molecule has 1 aromatic carbocycles. The molecule has 23 heavy (non-hydrogen) atoms. The second-order valence-electron chi connectivity index (χ2n) is 6.73. The standard InChI is InChI=1S/C18H22O5/c1-17(2)14(18(3,22)8-7-15(17)19)10-12-9-11(16(20)21)5-6-13(12)23-4/h5-9,14,22H,10H2,1-4H3,(H,20,21)/t14-,18+/m0/s1. The van der Waals surface area contributed by atoms with Crippen LogP contribution >= 0.6 is 0 Å². The summed E-state index contributed by atoms with van der Waals surface area (Å²) in [5.74, 6) is -0.934. The fourth-order valence-electron chi connectivity index (χ4n) is 3.23. The molecular weight excluding hydrogens is 296 g/mol. The van der Waals surface area contributed by atoms with Crippen molar-refractivity contribution >= 4 is 11.8 Å². The number of carboxylic acid groups (broad SMARTS) is 1. The predicted octanol–water partition coefficient (Wildman–Crippen LogP) is 2.47. The first-order valence-corrected chi connectivity index (χ1v) is 7.46. The van der Waals surface area contributed by atoms with Crippen LogP contribution in [0.5, 0.6) is 5.75 Å². The first kappa shape index (κ1) is 17.2. The van der Waals surface area contributed by atoms with E-state index in [9.17, 15) is 19.8 Å². The number of aromatic carboxylic acids is 1. The van der Waals surface area contributed by atoms with Gasteiger partial charge < -0.3 is 14.9 Å². The minimum atomic E-state index is -1.17. The number of hydrogen-bond acceptors (Lipinski definition) is 4. The molecule has 1 aliphatic rings. The Morgan fingerprint density at radius 2 is 1.96 bits per heavy atom. The van der Waals surface area contributed by atoms with Gasteiger partial charge in [0.25, 0.3) is 0 Å². The van der Waals surface area contributed by atoms with Crippen molar-refractivity contribution < 1.29 is 24.5 Å². The largest absolute Gasteiger partial charge is 0.496 e. The zero-order valence-electron chi connectivity index (χ0n) is 13.8. The number of benzene rings is 1. The average Bonchev–Trinajstić information content (AvgIpc) is 2.48. The number of aliphatic hydroxyl groups is 1. The van der Waals surface area contributed by atoms with Gasteiger partial charge in [-0.3, -0.25) is 4.79 Å². The molecule has 0 saturated carbocycles. The average molecular weight is 318 g/mol. The summed E-state index contributed by atoms with van der Waals surface area (Å²) >= 11 is 0. The van der Waals surface area contributed by atoms with Crippen LogP contribution in [0.1, 0.15) is 36.7 Å². The summed E-state index contributed by atoms with van der Waals surface area (Å²) in [5, 5.41) is 19.9. The summed E-state index contributed by atoms with van der Waals surface area (Å²) < 4.78 is 5.31. The van der Waals surface area contributed by atoms with Gasteiger partial charge in [0.2, 0.25) is 0 Å². The fourth-order valence-corrected chi connectivity index (χ4v) is 3.23. The molecular formula is C18H22O5. The maximum Gasteiger partial charge on any atom is 0.335 e. The van der Waals surface area contributed by atoms with Crippen LogP contribution < -0.4 is 4.74 Å². The van der Waals surface area contributed by atoms with Crippen LogP contribution in [0.2, 0.25) is 0 Å². The molecule has 5 nitrogen and oxygen atoms in total. The molecule has 0 spiro atoms. The Labute approximate surface area is 135 Å². The third-order valence-electron chi connectivity index (χ3n) is 4.74. The van der Waals surface area contributed by atoms with E-state index in [1.807, 2.05) is 0 Å². The molecule has 2 N–H and O–H groups in total. The van der Waals surface area contributed by atoms with Gasteiger partial charge in [-0.2, -0.15) is 0 Å². The Morgan fingerprint density at radius 1 is 1.30 bits per heavy atom. The molecule has 1 aliphatic carbocycles. The van der Waals surface area contributed by atoms with Crippen LogP contribution in [0.4, 0.5) is 0 Å². The number of rotatable bonds is 4. The van der Waals surface area contributed by atoms with Crippen molar-refractivity contribution in [2.45, 2.75) is 32.8 Å². The Balaban J connectivity index is 2.47. The third kappa shape index (κ3) is 3.15. The summed E-state index contributed by atoms with van der Waals surface area (Å²) in [6.45, 7) is 5.26. The molecule has 0 unspecified atom stereocenters. The number of allylic oxidation sites excluding steroid dienone is 1. The maximum atomic E-state index is 12.2. The number of ether oxygens (including phenoxy) is 1. The number of ketones is 1. The fraction of sp³-hybridized carbons (Fsp3) is 0.444. The highest BCUT2D eigenvalue weighted by Gasteiger charge is 2.47. The normalized spacial score (nSPS) is 26.1. The van der Waals surface area contributed by atoms with E-state index in [1.54, 1.807) is 26.8 Å². The van der Waals surface area contributed by atoms with Crippen molar-refractivity contribution in [3.05, 3.63) is 41.5 Å². The highest BCUT2D eigenvalue weighted by molar-refractivity contribution is 5.96. The highest BCUT2D eigenvalue weighted by atomic mass is 16.5. The van der Waals surface area contributed by atoms with Gasteiger partial charge in [-0.15, -0.1) is 0 Å². The van der Waals surface area contributed by atoms with E-state index < -0.39 is 22.9 Å². The van der Waals surface area contributed by atoms with E-state index in [-0.39, 0.29) is 11.3 Å². The van der Waals surface area contributed by atoms with E-state index in [4.69, 9.17) is 4.74 Å². The maximum absolute atomic E-state index is 12.2. The van der Waals surface area contributed by atoms with Crippen molar-refractivity contribution in [2.75, 3.05) is 7.11 Å². The smallest absolute Gasteiger partial charge is 0.335 e. The number of carbonyl (C=O) groups is 2. The molecule has 2 rings (SSSR count). The van der Waals surface area contributed by atoms with Crippen molar-refractivity contribution in [1.82, 2.24) is 0 Å². The summed E-state index contributed by atoms with van der Waals surface area (Å²) in [5.41, 5.74) is -1.12. The van der Waals surface area contributed by atoms with E-state index >= 15 is 0 Å². The number of carboxylic acids is 1. The monoisotopic (exact) mass is 318 g/mol. The Hall–Kier alpha value is -2.14. The minimum Gasteiger partial charge on any atom is -0.496 e. The molecule has 0 aliphatic heterocycles. The van der Waals surface area contributed by atoms with Crippen LogP contribution in [0, 0.1) is 11.3 Å². The van der Waals surface area contributed by atoms with Crippen LogP contribution in [0.15, 0.2) is 30.4 Å². The second kappa shape index (κ2) is 5.81. The quantitative estimate of drug-likeness (QED) is 0.891. The van der Waals surface area contributed by atoms with E-state index in [0.29, 0.717) is 17.7 Å². The van der Waals surface area contributed by atoms with Crippen LogP contribution in [-0.4, -0.2) is 34.7 Å². The van der Waals surface area contributed by atoms with Crippen molar-refractivity contribution in [3.8, 4) is 5.75 Å². The zero-order chi connectivity index (χ0) is 17.4. The van der Waals surface area contributed by atoms with Gasteiger partial charge in [0.15, 0.2) is 5.78 Å². The highest BCUT2D eigenvalue weighted by Crippen LogP contribution is 2.43. The van der Waals surface area contributed by atoms with E-state index in [1.165, 1.54) is 31.4 Å². The number of carbonyl (C=O) groups excluding carboxylic acids is 1. The molecule has 124 valence electrons. The first-order chi connectivity index (χ1) is 10.6. The van der Waals surface area contributed by atoms with Gasteiger partial charge in [0.1, 0.15) is 5.75 Å². The molecule has 0 bridgehead atoms. The van der Waals surface area contributed by atoms with Gasteiger partial charge in [0.05, 0.1) is 18.3 Å². The van der Waals surface area contributed by atoms with E-state index in [2.05, 4.69) is 0 Å². The van der Waals surface area contributed by atoms with Crippen LogP contribution in [-0.2, 0) is 11.2 Å². The van der Waals surface area contributed by atoms with Crippen molar-refractivity contribution in [2.24, 2.45) is 11.3 Å². The van der Waals surface area contributed by atoms with Crippen molar-refractivity contribution in [3.63, 3.8) is 0 Å². The minimum absolute atomic E-state index is 0.0534. The Kier molecular flexibility index (Phi) is 4.35. The van der Waals surface area contributed by atoms with Crippen molar-refractivity contribution in [1.29, 1.82) is 0 Å². The summed E-state index contributed by atoms with van der Waals surface area (Å²) in [6.07, 6.45) is 3.26. The van der Waals surface area contributed by atoms with Crippen LogP contribution in [0.25, 0.3) is 0 Å². The van der Waals surface area contributed by atoms with Gasteiger partial charge >= 0.3 is 5.97 Å². The predicted molar refractivity (Wildman–Crippen MR) is 85.7 cm³/mol. The van der Waals surface area contributed by atoms with Gasteiger partial charge in [-0.25, -0.2) is 4.79 Å². The molecule has 0 amide bonds. The summed E-state index contributed by atoms with van der Waals surface area (Å²) in [6, 6.07) is 4.61. The van der Waals surface area contributed by atoms with Gasteiger partial charge in [-0.05, 0) is 49.3 Å². The summed E-state index contributed by atoms with van der Waals surface area (Å²) in [7, 11) is 1.51. The number of hydrogen-bond donors (Lipinski definition) is 2. The summed E-state index contributed by atoms with van der Waals surface area (Å²) in [4.78, 5) is 23.4. The zero-order valence-corrected chi connectivity index (χ0v) is 13.8. The molecule has 0 radical (unpaired) electrons. The lowest BCUT2D eigenvalue weighted by Gasteiger charge is -2.43.